The van der Waals surface area contributed by atoms with Gasteiger partial charge >= 0.3 is 18.0 Å². The van der Waals surface area contributed by atoms with Crippen molar-refractivity contribution >= 4 is 18.0 Å². The number of carbonyl (C=O) groups excluding carboxylic acids is 2. The number of carboxylic acids is 1. The average molecular weight is 304 g/mol. The quantitative estimate of drug-likeness (QED) is 0.512. The summed E-state index contributed by atoms with van der Waals surface area (Å²) in [5, 5.41) is 9.89. The second-order valence-corrected chi connectivity index (χ2v) is 5.34. The molecule has 0 atom stereocenters. The van der Waals surface area contributed by atoms with Crippen LogP contribution in [-0.2, 0) is 19.1 Å². The molecule has 0 rings (SSSR count). The molecule has 8 heteroatoms. The van der Waals surface area contributed by atoms with Gasteiger partial charge in [0.05, 0.1) is 6.61 Å². The van der Waals surface area contributed by atoms with Crippen LogP contribution in [0.1, 0.15) is 40.5 Å². The first-order valence-electron chi connectivity index (χ1n) is 6.76. The summed E-state index contributed by atoms with van der Waals surface area (Å²) in [7, 11) is 0. The van der Waals surface area contributed by atoms with Gasteiger partial charge < -0.3 is 14.6 Å². The van der Waals surface area contributed by atoms with Crippen LogP contribution in [0.15, 0.2) is 0 Å². The number of carboxylic acid groups (broad SMARTS) is 1. The summed E-state index contributed by atoms with van der Waals surface area (Å²) in [5.74, 6) is -1.45. The Labute approximate surface area is 124 Å². The fourth-order valence-corrected chi connectivity index (χ4v) is 1.39. The normalized spacial score (nSPS) is 11.1. The van der Waals surface area contributed by atoms with E-state index >= 15 is 0 Å². The largest absolute Gasteiger partial charge is 0.481 e. The molecule has 1 amide bonds. The van der Waals surface area contributed by atoms with E-state index in [1.165, 1.54) is 5.01 Å². The van der Waals surface area contributed by atoms with Crippen LogP contribution in [0.5, 0.6) is 0 Å². The van der Waals surface area contributed by atoms with E-state index in [9.17, 15) is 14.4 Å². The number of hydrazine groups is 1. The molecule has 0 aromatic carbocycles. The minimum atomic E-state index is -0.941. The lowest BCUT2D eigenvalue weighted by Gasteiger charge is -2.25. The number of amides is 1. The first-order chi connectivity index (χ1) is 9.64. The zero-order valence-electron chi connectivity index (χ0n) is 13.0. The molecule has 0 fully saturated rings. The molecule has 0 aliphatic rings. The molecular weight excluding hydrogens is 280 g/mol. The van der Waals surface area contributed by atoms with Gasteiger partial charge in [0.1, 0.15) is 12.1 Å². The molecule has 0 saturated carbocycles. The molecule has 0 bridgehead atoms. The SMILES string of the molecule is CCOC(=O)CN(CCCC(=O)O)NC(=O)OC(C)(C)C. The van der Waals surface area contributed by atoms with Gasteiger partial charge in [-0.1, -0.05) is 0 Å². The number of ether oxygens (including phenoxy) is 2. The number of esters is 1. The molecule has 0 saturated heterocycles. The van der Waals surface area contributed by atoms with Gasteiger partial charge in [0.25, 0.3) is 0 Å². The first-order valence-corrected chi connectivity index (χ1v) is 6.76. The number of aliphatic carboxylic acids is 1. The predicted octanol–water partition coefficient (Wildman–Crippen LogP) is 1.16. The number of carbonyl (C=O) groups is 3. The topological polar surface area (TPSA) is 105 Å². The Morgan fingerprint density at radius 1 is 1.24 bits per heavy atom. The van der Waals surface area contributed by atoms with E-state index in [4.69, 9.17) is 14.6 Å². The van der Waals surface area contributed by atoms with Crippen molar-refractivity contribution in [2.75, 3.05) is 19.7 Å². The van der Waals surface area contributed by atoms with E-state index in [-0.39, 0.29) is 32.5 Å². The van der Waals surface area contributed by atoms with E-state index in [0.29, 0.717) is 0 Å². The summed E-state index contributed by atoms with van der Waals surface area (Å²) in [4.78, 5) is 33.6. The second kappa shape index (κ2) is 9.17. The fraction of sp³-hybridized carbons (Fsp3) is 0.769. The molecule has 0 aromatic heterocycles. The van der Waals surface area contributed by atoms with E-state index in [0.717, 1.165) is 0 Å². The highest BCUT2D eigenvalue weighted by Gasteiger charge is 2.20. The van der Waals surface area contributed by atoms with Crippen LogP contribution in [0.3, 0.4) is 0 Å². The van der Waals surface area contributed by atoms with Gasteiger partial charge in [0.15, 0.2) is 0 Å². The van der Waals surface area contributed by atoms with Crippen LogP contribution < -0.4 is 5.43 Å². The lowest BCUT2D eigenvalue weighted by atomic mass is 10.2. The fourth-order valence-electron chi connectivity index (χ4n) is 1.39. The molecule has 0 aliphatic heterocycles. The van der Waals surface area contributed by atoms with Crippen molar-refractivity contribution in [1.29, 1.82) is 0 Å². The van der Waals surface area contributed by atoms with Crippen molar-refractivity contribution in [3.05, 3.63) is 0 Å². The van der Waals surface area contributed by atoms with Crippen molar-refractivity contribution in [2.24, 2.45) is 0 Å². The number of hydrogen-bond acceptors (Lipinski definition) is 6. The van der Waals surface area contributed by atoms with Crippen LogP contribution in [0.4, 0.5) is 4.79 Å². The molecule has 0 radical (unpaired) electrons. The van der Waals surface area contributed by atoms with E-state index < -0.39 is 23.6 Å². The Bertz CT molecular complexity index is 364. The smallest absolute Gasteiger partial charge is 0.422 e. The van der Waals surface area contributed by atoms with Crippen molar-refractivity contribution in [2.45, 2.75) is 46.1 Å². The molecule has 122 valence electrons. The zero-order valence-corrected chi connectivity index (χ0v) is 13.0. The second-order valence-electron chi connectivity index (χ2n) is 5.34. The summed E-state index contributed by atoms with van der Waals surface area (Å²) in [6.07, 6.45) is -0.484. The van der Waals surface area contributed by atoms with Crippen molar-refractivity contribution < 1.29 is 29.0 Å². The van der Waals surface area contributed by atoms with Gasteiger partial charge in [-0.2, -0.15) is 0 Å². The molecule has 8 nitrogen and oxygen atoms in total. The van der Waals surface area contributed by atoms with Crippen LogP contribution in [-0.4, -0.2) is 53.4 Å². The summed E-state index contributed by atoms with van der Waals surface area (Å²) < 4.78 is 9.87. The third-order valence-corrected chi connectivity index (χ3v) is 2.09. The van der Waals surface area contributed by atoms with Gasteiger partial charge in [0, 0.05) is 13.0 Å². The van der Waals surface area contributed by atoms with Crippen LogP contribution >= 0.6 is 0 Å². The van der Waals surface area contributed by atoms with Crippen LogP contribution in [0.25, 0.3) is 0 Å². The van der Waals surface area contributed by atoms with Gasteiger partial charge in [-0.05, 0) is 34.1 Å². The van der Waals surface area contributed by atoms with E-state index in [1.54, 1.807) is 27.7 Å². The van der Waals surface area contributed by atoms with Crippen molar-refractivity contribution in [3.63, 3.8) is 0 Å². The molecule has 0 unspecified atom stereocenters. The molecule has 0 spiro atoms. The van der Waals surface area contributed by atoms with Crippen LogP contribution in [0.2, 0.25) is 0 Å². The Balaban J connectivity index is 4.45. The van der Waals surface area contributed by atoms with Gasteiger partial charge in [-0.25, -0.2) is 9.80 Å². The minimum Gasteiger partial charge on any atom is -0.481 e. The van der Waals surface area contributed by atoms with Gasteiger partial charge in [-0.3, -0.25) is 15.0 Å². The van der Waals surface area contributed by atoms with E-state index in [2.05, 4.69) is 5.43 Å². The lowest BCUT2D eigenvalue weighted by molar-refractivity contribution is -0.145. The number of nitrogens with one attached hydrogen (secondary N) is 1. The molecular formula is C13H24N2O6. The summed E-state index contributed by atoms with van der Waals surface area (Å²) in [5.41, 5.74) is 1.75. The highest BCUT2D eigenvalue weighted by Crippen LogP contribution is 2.07. The van der Waals surface area contributed by atoms with Crippen molar-refractivity contribution in [1.82, 2.24) is 10.4 Å². The summed E-state index contributed by atoms with van der Waals surface area (Å²) >= 11 is 0. The maximum Gasteiger partial charge on any atom is 0.422 e. The maximum atomic E-state index is 11.7. The molecule has 21 heavy (non-hydrogen) atoms. The Morgan fingerprint density at radius 3 is 2.33 bits per heavy atom. The van der Waals surface area contributed by atoms with Crippen molar-refractivity contribution in [3.8, 4) is 0 Å². The molecule has 0 aliphatic carbocycles. The Hall–Kier alpha value is -1.83. The maximum absolute atomic E-state index is 11.7. The third-order valence-electron chi connectivity index (χ3n) is 2.09. The highest BCUT2D eigenvalue weighted by atomic mass is 16.6. The lowest BCUT2D eigenvalue weighted by Crippen LogP contribution is -2.47. The summed E-state index contributed by atoms with van der Waals surface area (Å²) in [6.45, 7) is 7.07. The first kappa shape index (κ1) is 19.2. The number of nitrogens with zero attached hydrogens (tertiary/aromatic N) is 1. The predicted molar refractivity (Wildman–Crippen MR) is 74.4 cm³/mol. The van der Waals surface area contributed by atoms with E-state index in [1.807, 2.05) is 0 Å². The van der Waals surface area contributed by atoms with Gasteiger partial charge in [-0.15, -0.1) is 0 Å². The summed E-state index contributed by atoms with van der Waals surface area (Å²) in [6, 6.07) is 0. The third kappa shape index (κ3) is 11.7. The number of rotatable bonds is 8. The Morgan fingerprint density at radius 2 is 1.86 bits per heavy atom. The Kier molecular flexibility index (Phi) is 8.37. The highest BCUT2D eigenvalue weighted by molar-refractivity contribution is 5.73. The van der Waals surface area contributed by atoms with Gasteiger partial charge in [0.2, 0.25) is 0 Å². The molecule has 0 aromatic rings. The number of hydrogen-bond donors (Lipinski definition) is 2. The van der Waals surface area contributed by atoms with Crippen LogP contribution in [0, 0.1) is 0 Å². The standard InChI is InChI=1S/C13H24N2O6/c1-5-20-11(18)9-15(8-6-7-10(16)17)14-12(19)21-13(2,3)4/h5-9H2,1-4H3,(H,14,19)(H,16,17). The minimum absolute atomic E-state index is 0.0602. The zero-order chi connectivity index (χ0) is 16.5. The average Bonchev–Trinajstić information content (AvgIpc) is 2.25. The molecule has 2 N–H and O–H groups in total. The monoisotopic (exact) mass is 304 g/mol. The molecule has 0 heterocycles.